The molecule has 1 saturated carbocycles. The highest BCUT2D eigenvalue weighted by molar-refractivity contribution is 6.03. The molecule has 1 aliphatic rings. The summed E-state index contributed by atoms with van der Waals surface area (Å²) in [6.07, 6.45) is 2.92. The van der Waals surface area contributed by atoms with Gasteiger partial charge in [0, 0.05) is 28.0 Å². The van der Waals surface area contributed by atoms with E-state index in [0.717, 1.165) is 35.7 Å². The zero-order chi connectivity index (χ0) is 15.1. The topological polar surface area (TPSA) is 30.0 Å². The van der Waals surface area contributed by atoms with Crippen molar-refractivity contribution in [3.05, 3.63) is 65.6 Å². The van der Waals surface area contributed by atoms with Crippen molar-refractivity contribution in [2.45, 2.75) is 18.8 Å². The molecule has 108 valence electrons. The number of carbonyl (C=O) groups excluding carboxylic acids is 1. The van der Waals surface area contributed by atoms with Gasteiger partial charge in [0.1, 0.15) is 5.82 Å². The summed E-state index contributed by atoms with van der Waals surface area (Å²) in [5.41, 5.74) is 3.29. The Labute approximate surface area is 127 Å². The number of aldehydes is 1. The van der Waals surface area contributed by atoms with E-state index in [1.165, 1.54) is 6.07 Å². The van der Waals surface area contributed by atoms with Crippen molar-refractivity contribution in [2.24, 2.45) is 0 Å². The lowest BCUT2D eigenvalue weighted by molar-refractivity contribution is 0.112. The summed E-state index contributed by atoms with van der Waals surface area (Å²) in [6, 6.07) is 14.2. The van der Waals surface area contributed by atoms with E-state index in [4.69, 9.17) is 0 Å². The molecule has 0 spiro atoms. The molecule has 0 aliphatic heterocycles. The van der Waals surface area contributed by atoms with E-state index >= 15 is 0 Å². The van der Waals surface area contributed by atoms with Gasteiger partial charge in [-0.15, -0.1) is 0 Å². The second kappa shape index (κ2) is 5.02. The van der Waals surface area contributed by atoms with Crippen molar-refractivity contribution < 1.29 is 9.18 Å². The van der Waals surface area contributed by atoms with Crippen LogP contribution in [0, 0.1) is 5.82 Å². The number of hydrogen-bond acceptors (Lipinski definition) is 2. The van der Waals surface area contributed by atoms with Gasteiger partial charge in [-0.25, -0.2) is 4.39 Å². The van der Waals surface area contributed by atoms with Crippen molar-refractivity contribution >= 4 is 17.2 Å². The fourth-order valence-electron chi connectivity index (χ4n) is 2.99. The van der Waals surface area contributed by atoms with Crippen LogP contribution in [-0.4, -0.2) is 11.3 Å². The third kappa shape index (κ3) is 2.01. The Morgan fingerprint density at radius 2 is 1.77 bits per heavy atom. The Kier molecular flexibility index (Phi) is 3.00. The minimum Gasteiger partial charge on any atom is -0.298 e. The van der Waals surface area contributed by atoms with Crippen LogP contribution in [0.15, 0.2) is 48.5 Å². The van der Waals surface area contributed by atoms with Gasteiger partial charge in [0.2, 0.25) is 0 Å². The summed E-state index contributed by atoms with van der Waals surface area (Å²) in [7, 11) is 0. The van der Waals surface area contributed by atoms with Gasteiger partial charge in [-0.3, -0.25) is 9.78 Å². The van der Waals surface area contributed by atoms with Crippen LogP contribution in [0.1, 0.15) is 34.8 Å². The van der Waals surface area contributed by atoms with Gasteiger partial charge in [-0.1, -0.05) is 36.4 Å². The first-order chi connectivity index (χ1) is 10.8. The molecule has 0 unspecified atom stereocenters. The zero-order valence-corrected chi connectivity index (χ0v) is 11.9. The number of fused-ring (bicyclic) bond motifs is 1. The molecule has 22 heavy (non-hydrogen) atoms. The van der Waals surface area contributed by atoms with Gasteiger partial charge < -0.3 is 0 Å². The first kappa shape index (κ1) is 13.1. The van der Waals surface area contributed by atoms with Gasteiger partial charge in [0.05, 0.1) is 11.2 Å². The molecule has 2 aromatic carbocycles. The predicted octanol–water partition coefficient (Wildman–Crippen LogP) is 4.73. The summed E-state index contributed by atoms with van der Waals surface area (Å²) >= 11 is 0. The molecular formula is C19H14FNO. The van der Waals surface area contributed by atoms with Gasteiger partial charge in [0.15, 0.2) is 6.29 Å². The molecule has 0 saturated heterocycles. The quantitative estimate of drug-likeness (QED) is 0.653. The molecule has 0 N–H and O–H groups in total. The second-order valence-electron chi connectivity index (χ2n) is 5.67. The van der Waals surface area contributed by atoms with E-state index in [1.807, 2.05) is 24.3 Å². The van der Waals surface area contributed by atoms with Crippen LogP contribution in [0.25, 0.3) is 22.0 Å². The van der Waals surface area contributed by atoms with Crippen molar-refractivity contribution in [3.8, 4) is 11.1 Å². The van der Waals surface area contributed by atoms with E-state index in [0.29, 0.717) is 22.6 Å². The largest absolute Gasteiger partial charge is 0.298 e. The van der Waals surface area contributed by atoms with E-state index in [9.17, 15) is 9.18 Å². The summed E-state index contributed by atoms with van der Waals surface area (Å²) in [5, 5.41) is 0.819. The Morgan fingerprint density at radius 1 is 1.05 bits per heavy atom. The van der Waals surface area contributed by atoms with E-state index < -0.39 is 0 Å². The average Bonchev–Trinajstić information content (AvgIpc) is 3.38. The second-order valence-corrected chi connectivity index (χ2v) is 5.67. The van der Waals surface area contributed by atoms with Crippen LogP contribution >= 0.6 is 0 Å². The van der Waals surface area contributed by atoms with Crippen molar-refractivity contribution in [2.75, 3.05) is 0 Å². The highest BCUT2D eigenvalue weighted by Crippen LogP contribution is 2.44. The lowest BCUT2D eigenvalue weighted by Crippen LogP contribution is -2.01. The number of pyridine rings is 1. The summed E-state index contributed by atoms with van der Waals surface area (Å²) < 4.78 is 14.3. The molecule has 0 amide bonds. The lowest BCUT2D eigenvalue weighted by Gasteiger charge is -2.14. The lowest BCUT2D eigenvalue weighted by atomic mass is 9.93. The molecule has 1 heterocycles. The van der Waals surface area contributed by atoms with Gasteiger partial charge in [-0.2, -0.15) is 0 Å². The highest BCUT2D eigenvalue weighted by atomic mass is 19.1. The monoisotopic (exact) mass is 291 g/mol. The summed E-state index contributed by atoms with van der Waals surface area (Å²) in [5.74, 6) is 0.0130. The van der Waals surface area contributed by atoms with Crippen LogP contribution < -0.4 is 0 Å². The fourth-order valence-corrected chi connectivity index (χ4v) is 2.99. The van der Waals surface area contributed by atoms with Crippen LogP contribution in [0.3, 0.4) is 0 Å². The van der Waals surface area contributed by atoms with Crippen molar-refractivity contribution in [1.29, 1.82) is 0 Å². The smallest absolute Gasteiger partial charge is 0.152 e. The van der Waals surface area contributed by atoms with E-state index in [2.05, 4.69) is 4.98 Å². The minimum absolute atomic E-state index is 0.316. The maximum atomic E-state index is 14.3. The number of aromatic nitrogens is 1. The number of rotatable bonds is 3. The first-order valence-electron chi connectivity index (χ1n) is 7.42. The highest BCUT2D eigenvalue weighted by Gasteiger charge is 2.30. The number of nitrogens with zero attached hydrogens (tertiary/aromatic N) is 1. The average molecular weight is 291 g/mol. The first-order valence-corrected chi connectivity index (χ1v) is 7.42. The molecule has 2 nitrogen and oxygen atoms in total. The number of hydrogen-bond donors (Lipinski definition) is 0. The maximum Gasteiger partial charge on any atom is 0.152 e. The predicted molar refractivity (Wildman–Crippen MR) is 84.5 cm³/mol. The third-order valence-electron chi connectivity index (χ3n) is 4.18. The molecule has 1 aliphatic carbocycles. The fraction of sp³-hybridized carbons (Fsp3) is 0.158. The van der Waals surface area contributed by atoms with E-state index in [-0.39, 0.29) is 5.82 Å². The number of carbonyl (C=O) groups is 1. The van der Waals surface area contributed by atoms with Crippen molar-refractivity contribution in [1.82, 2.24) is 4.98 Å². The number of benzene rings is 2. The van der Waals surface area contributed by atoms with Crippen LogP contribution in [0.5, 0.6) is 0 Å². The SMILES string of the molecule is O=Cc1c(C2CC2)nc2ccccc2c1-c1ccccc1F. The van der Waals surface area contributed by atoms with Gasteiger partial charge in [0.25, 0.3) is 0 Å². The van der Waals surface area contributed by atoms with Gasteiger partial charge in [-0.05, 0) is 25.0 Å². The molecule has 0 bridgehead atoms. The maximum absolute atomic E-state index is 14.3. The van der Waals surface area contributed by atoms with Crippen LogP contribution in [0.2, 0.25) is 0 Å². The summed E-state index contributed by atoms with van der Waals surface area (Å²) in [4.78, 5) is 16.4. The van der Waals surface area contributed by atoms with Crippen LogP contribution in [0.4, 0.5) is 4.39 Å². The molecule has 4 rings (SSSR count). The van der Waals surface area contributed by atoms with Crippen LogP contribution in [-0.2, 0) is 0 Å². The third-order valence-corrected chi connectivity index (χ3v) is 4.18. The zero-order valence-electron chi connectivity index (χ0n) is 11.9. The normalized spacial score (nSPS) is 14.2. The standard InChI is InChI=1S/C19H14FNO/c20-16-7-3-1-5-13(16)18-14-6-2-4-8-17(14)21-19(12-9-10-12)15(18)11-22/h1-8,11-12H,9-10H2. The molecule has 3 aromatic rings. The number of para-hydroxylation sites is 1. The Morgan fingerprint density at radius 3 is 2.50 bits per heavy atom. The molecule has 0 radical (unpaired) electrons. The molecule has 0 atom stereocenters. The molecule has 1 aromatic heterocycles. The Bertz CT molecular complexity index is 884. The van der Waals surface area contributed by atoms with Crippen molar-refractivity contribution in [3.63, 3.8) is 0 Å². The Hall–Kier alpha value is -2.55. The van der Waals surface area contributed by atoms with E-state index in [1.54, 1.807) is 18.2 Å². The summed E-state index contributed by atoms with van der Waals surface area (Å²) in [6.45, 7) is 0. The van der Waals surface area contributed by atoms with Gasteiger partial charge >= 0.3 is 0 Å². The molecular weight excluding hydrogens is 277 g/mol. The number of halogens is 1. The Balaban J connectivity index is 2.14. The molecule has 1 fully saturated rings. The minimum atomic E-state index is -0.316. The molecule has 3 heteroatoms.